The monoisotopic (exact) mass is 725 g/mol. The maximum Gasteiger partial charge on any atom is 0.410 e. The van der Waals surface area contributed by atoms with Crippen LogP contribution in [0, 0.1) is 0 Å². The van der Waals surface area contributed by atoms with Crippen LogP contribution in [0.3, 0.4) is 0 Å². The van der Waals surface area contributed by atoms with E-state index in [1.807, 2.05) is 19.0 Å². The van der Waals surface area contributed by atoms with Gasteiger partial charge in [0, 0.05) is 13.6 Å². The van der Waals surface area contributed by atoms with Crippen LogP contribution in [0.25, 0.3) is 0 Å². The zero-order valence-electron chi connectivity index (χ0n) is 34.5. The van der Waals surface area contributed by atoms with Crippen molar-refractivity contribution in [1.82, 2.24) is 9.80 Å². The Morgan fingerprint density at radius 1 is 0.451 bits per heavy atom. The van der Waals surface area contributed by atoms with Gasteiger partial charge in [0.15, 0.2) is 0 Å². The number of nitrogens with zero attached hydrogens (tertiary/aromatic N) is 2. The minimum Gasteiger partial charge on any atom is -0.466 e. The summed E-state index contributed by atoms with van der Waals surface area (Å²) in [5, 5.41) is 0. The maximum absolute atomic E-state index is 13.0. The average Bonchev–Trinajstić information content (AvgIpc) is 3.10. The van der Waals surface area contributed by atoms with Gasteiger partial charge in [-0.3, -0.25) is 4.79 Å². The van der Waals surface area contributed by atoms with Gasteiger partial charge in [-0.05, 0) is 39.9 Å². The van der Waals surface area contributed by atoms with Crippen molar-refractivity contribution in [2.24, 2.45) is 0 Å². The Kier molecular flexibility index (Phi) is 36.6. The molecule has 1 atom stereocenters. The first-order chi connectivity index (χ1) is 24.8. The van der Waals surface area contributed by atoms with Gasteiger partial charge < -0.3 is 24.0 Å². The van der Waals surface area contributed by atoms with Crippen molar-refractivity contribution in [1.29, 1.82) is 0 Å². The van der Waals surface area contributed by atoms with Crippen molar-refractivity contribution >= 4 is 18.0 Å². The molecule has 0 rings (SSSR count). The van der Waals surface area contributed by atoms with Gasteiger partial charge in [-0.2, -0.15) is 0 Å². The van der Waals surface area contributed by atoms with E-state index in [4.69, 9.17) is 14.2 Å². The molecule has 0 aliphatic carbocycles. The smallest absolute Gasteiger partial charge is 0.410 e. The van der Waals surface area contributed by atoms with Crippen molar-refractivity contribution in [2.45, 2.75) is 213 Å². The highest BCUT2D eigenvalue weighted by Crippen LogP contribution is 2.15. The first kappa shape index (κ1) is 49.2. The van der Waals surface area contributed by atoms with E-state index in [2.05, 4.69) is 13.8 Å². The van der Waals surface area contributed by atoms with Crippen LogP contribution in [0.4, 0.5) is 4.79 Å². The lowest BCUT2D eigenvalue weighted by molar-refractivity contribution is -0.160. The van der Waals surface area contributed by atoms with Crippen molar-refractivity contribution in [3.63, 3.8) is 0 Å². The third-order valence-corrected chi connectivity index (χ3v) is 9.77. The molecule has 0 fully saturated rings. The molecular formula is C43H84N2O6. The molecule has 0 saturated heterocycles. The molecule has 0 aromatic heterocycles. The molecule has 0 aliphatic rings. The molecular weight excluding hydrogens is 640 g/mol. The summed E-state index contributed by atoms with van der Waals surface area (Å²) in [5.41, 5.74) is 0. The third kappa shape index (κ3) is 35.0. The number of amides is 1. The van der Waals surface area contributed by atoms with E-state index in [-0.39, 0.29) is 13.0 Å². The number of rotatable bonds is 38. The third-order valence-electron chi connectivity index (χ3n) is 9.77. The molecule has 0 bridgehead atoms. The van der Waals surface area contributed by atoms with Gasteiger partial charge >= 0.3 is 18.0 Å². The van der Waals surface area contributed by atoms with E-state index in [1.54, 1.807) is 7.05 Å². The highest BCUT2D eigenvalue weighted by Gasteiger charge is 2.29. The number of hydrogen-bond acceptors (Lipinski definition) is 7. The Morgan fingerprint density at radius 3 is 1.18 bits per heavy atom. The van der Waals surface area contributed by atoms with E-state index in [0.29, 0.717) is 13.2 Å². The Hall–Kier alpha value is -1.83. The van der Waals surface area contributed by atoms with Crippen LogP contribution in [-0.4, -0.2) is 81.4 Å². The average molecular weight is 725 g/mol. The Morgan fingerprint density at radius 2 is 0.804 bits per heavy atom. The fourth-order valence-electron chi connectivity index (χ4n) is 6.36. The summed E-state index contributed by atoms with van der Waals surface area (Å²) < 4.78 is 16.4. The number of unbranched alkanes of at least 4 members (excludes halogenated alkanes) is 26. The molecule has 302 valence electrons. The van der Waals surface area contributed by atoms with Crippen LogP contribution in [0.15, 0.2) is 0 Å². The van der Waals surface area contributed by atoms with Crippen LogP contribution in [0.1, 0.15) is 206 Å². The minimum atomic E-state index is -1.30. The van der Waals surface area contributed by atoms with E-state index < -0.39 is 24.1 Å². The van der Waals surface area contributed by atoms with Crippen LogP contribution in [0.5, 0.6) is 0 Å². The summed E-state index contributed by atoms with van der Waals surface area (Å²) in [5.74, 6) is -1.21. The predicted molar refractivity (Wildman–Crippen MR) is 213 cm³/mol. The molecule has 1 amide bonds. The second-order valence-electron chi connectivity index (χ2n) is 15.2. The molecule has 0 heterocycles. The topological polar surface area (TPSA) is 85.4 Å². The Bertz CT molecular complexity index is 792. The Balaban J connectivity index is 4.29. The molecule has 0 N–H and O–H groups in total. The Labute approximate surface area is 315 Å². The van der Waals surface area contributed by atoms with Crippen molar-refractivity contribution < 1.29 is 28.6 Å². The number of carbonyl (C=O) groups is 3. The quantitative estimate of drug-likeness (QED) is 0.0356. The molecule has 0 radical (unpaired) electrons. The summed E-state index contributed by atoms with van der Waals surface area (Å²) in [4.78, 5) is 41.9. The van der Waals surface area contributed by atoms with Gasteiger partial charge in [0.25, 0.3) is 0 Å². The lowest BCUT2D eigenvalue weighted by Gasteiger charge is -2.22. The first-order valence-corrected chi connectivity index (χ1v) is 21.7. The molecule has 51 heavy (non-hydrogen) atoms. The largest absolute Gasteiger partial charge is 0.466 e. The van der Waals surface area contributed by atoms with Gasteiger partial charge in [-0.25, -0.2) is 9.59 Å². The van der Waals surface area contributed by atoms with E-state index in [9.17, 15) is 14.4 Å². The number of esters is 2. The van der Waals surface area contributed by atoms with E-state index >= 15 is 0 Å². The molecule has 8 heteroatoms. The van der Waals surface area contributed by atoms with Crippen LogP contribution >= 0.6 is 0 Å². The minimum absolute atomic E-state index is 0.262. The summed E-state index contributed by atoms with van der Waals surface area (Å²) in [7, 11) is 5.60. The van der Waals surface area contributed by atoms with Gasteiger partial charge in [-0.1, -0.05) is 181 Å². The van der Waals surface area contributed by atoms with Gasteiger partial charge in [0.05, 0.1) is 19.6 Å². The summed E-state index contributed by atoms with van der Waals surface area (Å²) >= 11 is 0. The fourth-order valence-corrected chi connectivity index (χ4v) is 6.36. The van der Waals surface area contributed by atoms with Crippen LogP contribution in [-0.2, 0) is 23.8 Å². The lowest BCUT2D eigenvalue weighted by atomic mass is 10.0. The van der Waals surface area contributed by atoms with Crippen molar-refractivity contribution in [3.8, 4) is 0 Å². The maximum atomic E-state index is 13.0. The van der Waals surface area contributed by atoms with Crippen molar-refractivity contribution in [2.75, 3.05) is 47.4 Å². The summed E-state index contributed by atoms with van der Waals surface area (Å²) in [6.07, 6.45) is 33.7. The summed E-state index contributed by atoms with van der Waals surface area (Å²) in [6.45, 7) is 6.42. The van der Waals surface area contributed by atoms with Gasteiger partial charge in [0.2, 0.25) is 6.10 Å². The van der Waals surface area contributed by atoms with Gasteiger partial charge in [0.1, 0.15) is 0 Å². The number of carbonyl (C=O) groups excluding carboxylic acids is 3. The standard InChI is InChI=1S/C43H84N2O6/c1-6-8-10-12-14-16-18-20-22-24-26-28-30-32-37-49-41(46)39-40(51-43(48)45(5)36-34-35-44(3)4)42(47)50-38-33-31-29-27-25-23-21-19-17-15-13-11-9-7-2/h40H,6-39H2,1-5H3/t40-/m0/s1. The fraction of sp³-hybridized carbons (Fsp3) is 0.930. The highest BCUT2D eigenvalue weighted by atomic mass is 16.6. The lowest BCUT2D eigenvalue weighted by Crippen LogP contribution is -2.38. The first-order valence-electron chi connectivity index (χ1n) is 21.7. The summed E-state index contributed by atoms with van der Waals surface area (Å²) in [6, 6.07) is 0. The second-order valence-corrected chi connectivity index (χ2v) is 15.2. The molecule has 0 saturated carbocycles. The van der Waals surface area contributed by atoms with Crippen LogP contribution < -0.4 is 0 Å². The predicted octanol–water partition coefficient (Wildman–Crippen LogP) is 11.8. The van der Waals surface area contributed by atoms with Gasteiger partial charge in [-0.15, -0.1) is 0 Å². The SMILES string of the molecule is CCCCCCCCCCCCCCCCOC(=O)C[C@H](OC(=O)N(C)CCCN(C)C)C(=O)OCCCCCCCCCCCCCCCC. The molecule has 0 unspecified atom stereocenters. The molecule has 8 nitrogen and oxygen atoms in total. The van der Waals surface area contributed by atoms with E-state index in [0.717, 1.165) is 51.5 Å². The molecule has 0 spiro atoms. The number of ether oxygens (including phenoxy) is 3. The second kappa shape index (κ2) is 37.9. The zero-order valence-corrected chi connectivity index (χ0v) is 34.5. The highest BCUT2D eigenvalue weighted by molar-refractivity contribution is 5.84. The molecule has 0 aromatic rings. The molecule has 0 aromatic carbocycles. The molecule has 0 aliphatic heterocycles. The van der Waals surface area contributed by atoms with Crippen LogP contribution in [0.2, 0.25) is 0 Å². The van der Waals surface area contributed by atoms with Crippen molar-refractivity contribution in [3.05, 3.63) is 0 Å². The normalized spacial score (nSPS) is 11.9. The number of hydrogen-bond donors (Lipinski definition) is 0. The zero-order chi connectivity index (χ0) is 37.6. The van der Waals surface area contributed by atoms with E-state index in [1.165, 1.54) is 146 Å².